The van der Waals surface area contributed by atoms with Gasteiger partial charge in [0.15, 0.2) is 5.82 Å². The van der Waals surface area contributed by atoms with Crippen LogP contribution >= 0.6 is 34.4 Å². The fourth-order valence-corrected chi connectivity index (χ4v) is 3.93. The Labute approximate surface area is 143 Å². The average molecular weight is 362 g/mol. The molecule has 7 nitrogen and oxygen atoms in total. The summed E-state index contributed by atoms with van der Waals surface area (Å²) >= 11 is 4.77. The molecule has 0 bridgehead atoms. The van der Waals surface area contributed by atoms with Gasteiger partial charge < -0.3 is 4.52 Å². The molecule has 116 valence electrons. The first-order chi connectivity index (χ1) is 11.4. The van der Waals surface area contributed by atoms with E-state index in [9.17, 15) is 0 Å². The van der Waals surface area contributed by atoms with Gasteiger partial charge in [-0.05, 0) is 33.3 Å². The largest absolute Gasteiger partial charge is 0.334 e. The monoisotopic (exact) mass is 362 g/mol. The quantitative estimate of drug-likeness (QED) is 0.487. The highest BCUT2D eigenvalue weighted by molar-refractivity contribution is 7.98. The van der Waals surface area contributed by atoms with Gasteiger partial charge in [0.1, 0.15) is 0 Å². The Morgan fingerprint density at radius 3 is 3.09 bits per heavy atom. The summed E-state index contributed by atoms with van der Waals surface area (Å²) in [6, 6.07) is 6.03. The maximum Gasteiger partial charge on any atom is 0.258 e. The Morgan fingerprint density at radius 1 is 1.26 bits per heavy atom. The molecule has 4 aromatic rings. The molecule has 23 heavy (non-hydrogen) atoms. The number of hydrogen-bond acceptors (Lipinski definition) is 9. The molecule has 0 aromatic carbocycles. The van der Waals surface area contributed by atoms with Crippen LogP contribution in [0.1, 0.15) is 10.7 Å². The summed E-state index contributed by atoms with van der Waals surface area (Å²) in [7, 11) is 0. The zero-order valence-corrected chi connectivity index (χ0v) is 14.1. The summed E-state index contributed by atoms with van der Waals surface area (Å²) in [5.41, 5.74) is 0.946. The van der Waals surface area contributed by atoms with Gasteiger partial charge in [-0.15, -0.1) is 16.4 Å². The van der Waals surface area contributed by atoms with Crippen molar-refractivity contribution in [2.45, 2.75) is 17.5 Å². The molecule has 0 aliphatic carbocycles. The Hall–Kier alpha value is -2.04. The number of tetrazole rings is 1. The molecule has 4 aromatic heterocycles. The third-order valence-corrected chi connectivity index (χ3v) is 5.45. The predicted octanol–water partition coefficient (Wildman–Crippen LogP) is 3.19. The van der Waals surface area contributed by atoms with Crippen LogP contribution in [0.5, 0.6) is 0 Å². The lowest BCUT2D eigenvalue weighted by molar-refractivity contribution is 0.425. The highest BCUT2D eigenvalue weighted by Gasteiger charge is 2.13. The number of rotatable bonds is 6. The summed E-state index contributed by atoms with van der Waals surface area (Å²) in [6.45, 7) is 0.666. The van der Waals surface area contributed by atoms with Gasteiger partial charge in [-0.3, -0.25) is 0 Å². The summed E-state index contributed by atoms with van der Waals surface area (Å²) < 4.78 is 7.04. The van der Waals surface area contributed by atoms with Gasteiger partial charge in [0.2, 0.25) is 5.16 Å². The fraction of sp³-hybridized carbons (Fsp3) is 0.154. The van der Waals surface area contributed by atoms with Crippen LogP contribution in [-0.2, 0) is 12.3 Å². The molecule has 4 rings (SSSR count). The molecule has 10 heteroatoms. The lowest BCUT2D eigenvalue weighted by Gasteiger charge is -2.00. The molecule has 0 amide bonds. The van der Waals surface area contributed by atoms with Crippen molar-refractivity contribution < 1.29 is 4.52 Å². The van der Waals surface area contributed by atoms with Gasteiger partial charge in [-0.25, -0.2) is 4.68 Å². The van der Waals surface area contributed by atoms with E-state index in [4.69, 9.17) is 4.52 Å². The lowest BCUT2D eigenvalue weighted by Crippen LogP contribution is -2.02. The van der Waals surface area contributed by atoms with Gasteiger partial charge in [0, 0.05) is 10.3 Å². The van der Waals surface area contributed by atoms with E-state index in [1.807, 2.05) is 28.3 Å². The van der Waals surface area contributed by atoms with Crippen molar-refractivity contribution >= 4 is 34.4 Å². The normalized spacial score (nSPS) is 11.1. The van der Waals surface area contributed by atoms with Crippen LogP contribution in [0.4, 0.5) is 0 Å². The van der Waals surface area contributed by atoms with Crippen molar-refractivity contribution in [3.8, 4) is 11.5 Å². The second kappa shape index (κ2) is 6.60. The number of nitrogens with zero attached hydrogens (tertiary/aromatic N) is 6. The van der Waals surface area contributed by atoms with Crippen LogP contribution < -0.4 is 0 Å². The molecular formula is C13H10N6OS3. The van der Waals surface area contributed by atoms with Gasteiger partial charge >= 0.3 is 0 Å². The molecule has 4 heterocycles. The number of thioether (sulfide) groups is 1. The second-order valence-corrected chi connectivity index (χ2v) is 7.27. The maximum atomic E-state index is 5.27. The van der Waals surface area contributed by atoms with Crippen LogP contribution in [-0.4, -0.2) is 30.3 Å². The van der Waals surface area contributed by atoms with E-state index in [1.54, 1.807) is 27.4 Å². The van der Waals surface area contributed by atoms with Crippen molar-refractivity contribution in [1.82, 2.24) is 30.3 Å². The predicted molar refractivity (Wildman–Crippen MR) is 88.4 cm³/mol. The number of hydrogen-bond donors (Lipinski definition) is 0. The average Bonchev–Trinajstić information content (AvgIpc) is 3.34. The minimum absolute atomic E-state index is 0.542. The van der Waals surface area contributed by atoms with E-state index in [1.165, 1.54) is 16.6 Å². The van der Waals surface area contributed by atoms with Crippen LogP contribution in [0, 0.1) is 0 Å². The molecule has 0 unspecified atom stereocenters. The van der Waals surface area contributed by atoms with Crippen molar-refractivity contribution in [1.29, 1.82) is 0 Å². The van der Waals surface area contributed by atoms with Crippen LogP contribution in [0.15, 0.2) is 44.0 Å². The standard InChI is InChI=1S/C13H10N6OS3/c1-2-10(22-4-1)6-19-13(15-17-18-19)23-8-11-14-12(20-16-11)9-3-5-21-7-9/h1-5,7H,6,8H2. The van der Waals surface area contributed by atoms with Gasteiger partial charge in [-0.1, -0.05) is 23.0 Å². The van der Waals surface area contributed by atoms with E-state index in [0.717, 1.165) is 10.7 Å². The SMILES string of the molecule is c1csc(Cn2nnnc2SCc2noc(-c3ccsc3)n2)c1. The molecule has 0 saturated heterocycles. The lowest BCUT2D eigenvalue weighted by atomic mass is 10.3. The summed E-state index contributed by atoms with van der Waals surface area (Å²) in [5.74, 6) is 1.72. The van der Waals surface area contributed by atoms with E-state index in [-0.39, 0.29) is 0 Å². The number of aromatic nitrogens is 6. The molecular weight excluding hydrogens is 352 g/mol. The Kier molecular flexibility index (Phi) is 4.18. The number of thiophene rings is 2. The van der Waals surface area contributed by atoms with Crippen molar-refractivity contribution in [2.24, 2.45) is 0 Å². The van der Waals surface area contributed by atoms with Gasteiger partial charge in [0.05, 0.1) is 17.9 Å². The first kappa shape index (κ1) is 14.5. The molecule has 0 atom stereocenters. The minimum atomic E-state index is 0.542. The summed E-state index contributed by atoms with van der Waals surface area (Å²) in [5, 5.41) is 22.6. The first-order valence-electron chi connectivity index (χ1n) is 6.65. The molecule has 0 spiro atoms. The van der Waals surface area contributed by atoms with E-state index < -0.39 is 0 Å². The zero-order chi connectivity index (χ0) is 15.5. The Bertz CT molecular complexity index is 867. The van der Waals surface area contributed by atoms with Crippen LogP contribution in [0.25, 0.3) is 11.5 Å². The molecule has 0 aliphatic rings. The summed E-state index contributed by atoms with van der Waals surface area (Å²) in [4.78, 5) is 5.60. The zero-order valence-electron chi connectivity index (χ0n) is 11.7. The van der Waals surface area contributed by atoms with E-state index in [0.29, 0.717) is 24.0 Å². The van der Waals surface area contributed by atoms with Crippen molar-refractivity contribution in [3.05, 3.63) is 45.0 Å². The van der Waals surface area contributed by atoms with E-state index >= 15 is 0 Å². The smallest absolute Gasteiger partial charge is 0.258 e. The van der Waals surface area contributed by atoms with Crippen LogP contribution in [0.3, 0.4) is 0 Å². The Morgan fingerprint density at radius 2 is 2.26 bits per heavy atom. The molecule has 0 aliphatic heterocycles. The maximum absolute atomic E-state index is 5.27. The third kappa shape index (κ3) is 3.33. The Balaban J connectivity index is 1.43. The van der Waals surface area contributed by atoms with Gasteiger partial charge in [0.25, 0.3) is 5.89 Å². The summed E-state index contributed by atoms with van der Waals surface area (Å²) in [6.07, 6.45) is 0. The van der Waals surface area contributed by atoms with Crippen LogP contribution in [0.2, 0.25) is 0 Å². The molecule has 0 fully saturated rings. The third-order valence-electron chi connectivity index (χ3n) is 2.95. The first-order valence-corrected chi connectivity index (χ1v) is 9.46. The molecule has 0 saturated carbocycles. The topological polar surface area (TPSA) is 82.5 Å². The van der Waals surface area contributed by atoms with Crippen molar-refractivity contribution in [3.63, 3.8) is 0 Å². The molecule has 0 N–H and O–H groups in total. The second-order valence-electron chi connectivity index (χ2n) is 4.51. The van der Waals surface area contributed by atoms with Gasteiger partial charge in [-0.2, -0.15) is 16.3 Å². The highest BCUT2D eigenvalue weighted by Crippen LogP contribution is 2.23. The molecule has 0 radical (unpaired) electrons. The highest BCUT2D eigenvalue weighted by atomic mass is 32.2. The fourth-order valence-electron chi connectivity index (χ4n) is 1.89. The van der Waals surface area contributed by atoms with E-state index in [2.05, 4.69) is 31.7 Å². The van der Waals surface area contributed by atoms with Crippen molar-refractivity contribution in [2.75, 3.05) is 0 Å². The minimum Gasteiger partial charge on any atom is -0.334 e.